The summed E-state index contributed by atoms with van der Waals surface area (Å²) in [4.78, 5) is 12.4. The summed E-state index contributed by atoms with van der Waals surface area (Å²) in [5, 5.41) is 7.72. The Morgan fingerprint density at radius 2 is 1.85 bits per heavy atom. The van der Waals surface area contributed by atoms with Crippen LogP contribution in [0.15, 0.2) is 48.5 Å². The van der Waals surface area contributed by atoms with Crippen molar-refractivity contribution in [2.45, 2.75) is 46.0 Å². The Labute approximate surface area is 160 Å². The third-order valence-corrected chi connectivity index (χ3v) is 5.43. The molecule has 1 aliphatic carbocycles. The van der Waals surface area contributed by atoms with Crippen molar-refractivity contribution in [1.29, 1.82) is 0 Å². The summed E-state index contributed by atoms with van der Waals surface area (Å²) in [5.41, 5.74) is 8.01. The lowest BCUT2D eigenvalue weighted by Crippen LogP contribution is -2.13. The number of aromatic nitrogens is 2. The second kappa shape index (κ2) is 7.39. The molecule has 27 heavy (non-hydrogen) atoms. The standard InChI is InChI=1S/C23H25N3O/c1-16-22(17(2)26(25-16)21-9-4-3-5-10-21)13-14-23(27)24-20-12-11-18-7-6-8-19(18)15-20/h3-5,9-12,15H,6-8,13-14H2,1-2H3,(H,24,27). The molecule has 1 amide bonds. The van der Waals surface area contributed by atoms with Crippen LogP contribution in [0.4, 0.5) is 5.69 Å². The molecule has 0 spiro atoms. The molecule has 0 saturated heterocycles. The van der Waals surface area contributed by atoms with Crippen molar-refractivity contribution in [1.82, 2.24) is 9.78 Å². The van der Waals surface area contributed by atoms with Crippen LogP contribution in [0.1, 0.15) is 40.9 Å². The van der Waals surface area contributed by atoms with Gasteiger partial charge in [-0.15, -0.1) is 0 Å². The largest absolute Gasteiger partial charge is 0.326 e. The number of benzene rings is 2. The van der Waals surface area contributed by atoms with E-state index in [1.54, 1.807) is 0 Å². The van der Waals surface area contributed by atoms with E-state index < -0.39 is 0 Å². The van der Waals surface area contributed by atoms with Crippen molar-refractivity contribution in [3.05, 3.63) is 76.6 Å². The number of hydrogen-bond acceptors (Lipinski definition) is 2. The van der Waals surface area contributed by atoms with Crippen LogP contribution in [0.5, 0.6) is 0 Å². The van der Waals surface area contributed by atoms with Crippen molar-refractivity contribution >= 4 is 11.6 Å². The summed E-state index contributed by atoms with van der Waals surface area (Å²) in [6.07, 6.45) is 4.65. The average molecular weight is 359 g/mol. The summed E-state index contributed by atoms with van der Waals surface area (Å²) >= 11 is 0. The normalized spacial score (nSPS) is 12.8. The lowest BCUT2D eigenvalue weighted by molar-refractivity contribution is -0.116. The van der Waals surface area contributed by atoms with Gasteiger partial charge in [0.1, 0.15) is 0 Å². The van der Waals surface area contributed by atoms with Crippen molar-refractivity contribution in [2.24, 2.45) is 0 Å². The number of aryl methyl sites for hydroxylation is 3. The summed E-state index contributed by atoms with van der Waals surface area (Å²) in [6.45, 7) is 4.08. The number of hydrogen-bond donors (Lipinski definition) is 1. The Hall–Kier alpha value is -2.88. The molecule has 1 aromatic heterocycles. The van der Waals surface area contributed by atoms with Crippen molar-refractivity contribution in [3.8, 4) is 5.69 Å². The first-order valence-corrected chi connectivity index (χ1v) is 9.64. The number of para-hydroxylation sites is 1. The van der Waals surface area contributed by atoms with Crippen LogP contribution in [0, 0.1) is 13.8 Å². The molecule has 1 heterocycles. The first kappa shape index (κ1) is 17.5. The molecule has 0 bridgehead atoms. The molecule has 0 fully saturated rings. The molecule has 1 aliphatic rings. The van der Waals surface area contributed by atoms with Crippen molar-refractivity contribution in [2.75, 3.05) is 5.32 Å². The number of fused-ring (bicyclic) bond motifs is 1. The van der Waals surface area contributed by atoms with Gasteiger partial charge in [0, 0.05) is 17.8 Å². The second-order valence-electron chi connectivity index (χ2n) is 7.28. The number of nitrogens with zero attached hydrogens (tertiary/aromatic N) is 2. The van der Waals surface area contributed by atoms with Crippen LogP contribution < -0.4 is 5.32 Å². The van der Waals surface area contributed by atoms with Gasteiger partial charge in [-0.1, -0.05) is 24.3 Å². The molecule has 0 saturated carbocycles. The van der Waals surface area contributed by atoms with Gasteiger partial charge in [-0.25, -0.2) is 4.68 Å². The maximum Gasteiger partial charge on any atom is 0.224 e. The fourth-order valence-corrected chi connectivity index (χ4v) is 3.97. The van der Waals surface area contributed by atoms with Gasteiger partial charge in [0.05, 0.1) is 11.4 Å². The van der Waals surface area contributed by atoms with E-state index in [9.17, 15) is 4.79 Å². The molecule has 4 nitrogen and oxygen atoms in total. The third kappa shape index (κ3) is 3.65. The van der Waals surface area contributed by atoms with Crippen LogP contribution in [0.3, 0.4) is 0 Å². The highest BCUT2D eigenvalue weighted by Gasteiger charge is 2.15. The monoisotopic (exact) mass is 359 g/mol. The van der Waals surface area contributed by atoms with Gasteiger partial charge in [-0.05, 0) is 80.5 Å². The van der Waals surface area contributed by atoms with E-state index in [1.807, 2.05) is 48.0 Å². The summed E-state index contributed by atoms with van der Waals surface area (Å²) in [7, 11) is 0. The first-order valence-electron chi connectivity index (χ1n) is 9.64. The Balaban J connectivity index is 1.43. The zero-order chi connectivity index (χ0) is 18.8. The second-order valence-corrected chi connectivity index (χ2v) is 7.28. The number of carbonyl (C=O) groups excluding carboxylic acids is 1. The highest BCUT2D eigenvalue weighted by Crippen LogP contribution is 2.25. The zero-order valence-electron chi connectivity index (χ0n) is 16.0. The molecule has 0 atom stereocenters. The van der Waals surface area contributed by atoms with Gasteiger partial charge >= 0.3 is 0 Å². The SMILES string of the molecule is Cc1nn(-c2ccccc2)c(C)c1CCC(=O)Nc1ccc2c(c1)CCC2. The van der Waals surface area contributed by atoms with E-state index in [4.69, 9.17) is 0 Å². The molecule has 138 valence electrons. The van der Waals surface area contributed by atoms with E-state index in [-0.39, 0.29) is 5.91 Å². The van der Waals surface area contributed by atoms with E-state index in [0.29, 0.717) is 12.8 Å². The molecular weight excluding hydrogens is 334 g/mol. The minimum absolute atomic E-state index is 0.0548. The molecule has 2 aromatic carbocycles. The number of anilines is 1. The Kier molecular flexibility index (Phi) is 4.80. The maximum atomic E-state index is 12.4. The Morgan fingerprint density at radius 1 is 1.07 bits per heavy atom. The fourth-order valence-electron chi connectivity index (χ4n) is 3.97. The molecule has 0 radical (unpaired) electrons. The summed E-state index contributed by atoms with van der Waals surface area (Å²) in [5.74, 6) is 0.0548. The minimum atomic E-state index is 0.0548. The molecular formula is C23H25N3O. The number of amides is 1. The lowest BCUT2D eigenvalue weighted by Gasteiger charge is -2.08. The highest BCUT2D eigenvalue weighted by molar-refractivity contribution is 5.91. The van der Waals surface area contributed by atoms with E-state index in [2.05, 4.69) is 29.5 Å². The maximum absolute atomic E-state index is 12.4. The van der Waals surface area contributed by atoms with Crippen molar-refractivity contribution < 1.29 is 4.79 Å². The quantitative estimate of drug-likeness (QED) is 0.726. The van der Waals surface area contributed by atoms with Crippen LogP contribution in [-0.2, 0) is 24.1 Å². The minimum Gasteiger partial charge on any atom is -0.326 e. The van der Waals surface area contributed by atoms with Gasteiger partial charge in [-0.3, -0.25) is 4.79 Å². The van der Waals surface area contributed by atoms with Crippen LogP contribution in [0.2, 0.25) is 0 Å². The third-order valence-electron chi connectivity index (χ3n) is 5.43. The first-order chi connectivity index (χ1) is 13.1. The Bertz CT molecular complexity index is 973. The number of carbonyl (C=O) groups is 1. The smallest absolute Gasteiger partial charge is 0.224 e. The van der Waals surface area contributed by atoms with E-state index in [0.717, 1.165) is 41.2 Å². The lowest BCUT2D eigenvalue weighted by atomic mass is 10.1. The van der Waals surface area contributed by atoms with Gasteiger partial charge in [0.2, 0.25) is 5.91 Å². The Morgan fingerprint density at radius 3 is 2.67 bits per heavy atom. The summed E-state index contributed by atoms with van der Waals surface area (Å²) < 4.78 is 1.96. The van der Waals surface area contributed by atoms with Gasteiger partial charge in [0.15, 0.2) is 0 Å². The average Bonchev–Trinajstić information content (AvgIpc) is 3.25. The van der Waals surface area contributed by atoms with E-state index in [1.165, 1.54) is 17.5 Å². The van der Waals surface area contributed by atoms with Gasteiger partial charge < -0.3 is 5.32 Å². The van der Waals surface area contributed by atoms with Gasteiger partial charge in [0.25, 0.3) is 0 Å². The topological polar surface area (TPSA) is 46.9 Å². The van der Waals surface area contributed by atoms with Crippen LogP contribution in [0.25, 0.3) is 5.69 Å². The predicted molar refractivity (Wildman–Crippen MR) is 108 cm³/mol. The molecule has 4 rings (SSSR count). The van der Waals surface area contributed by atoms with Crippen LogP contribution in [-0.4, -0.2) is 15.7 Å². The van der Waals surface area contributed by atoms with Crippen molar-refractivity contribution in [3.63, 3.8) is 0 Å². The summed E-state index contributed by atoms with van der Waals surface area (Å²) in [6, 6.07) is 16.4. The molecule has 1 N–H and O–H groups in total. The molecule has 0 aliphatic heterocycles. The number of rotatable bonds is 5. The van der Waals surface area contributed by atoms with E-state index >= 15 is 0 Å². The fraction of sp³-hybridized carbons (Fsp3) is 0.304. The number of nitrogens with one attached hydrogen (secondary N) is 1. The molecule has 0 unspecified atom stereocenters. The zero-order valence-corrected chi connectivity index (χ0v) is 16.0. The van der Waals surface area contributed by atoms with Gasteiger partial charge in [-0.2, -0.15) is 5.10 Å². The van der Waals surface area contributed by atoms with Crippen LogP contribution >= 0.6 is 0 Å². The molecule has 4 heteroatoms. The predicted octanol–water partition coefficient (Wildman–Crippen LogP) is 4.55. The molecule has 3 aromatic rings. The highest BCUT2D eigenvalue weighted by atomic mass is 16.1.